The normalized spacial score (nSPS) is 10.4. The smallest absolute Gasteiger partial charge is 0.316 e. The third-order valence-corrected chi connectivity index (χ3v) is 4.29. The number of esters is 1. The van der Waals surface area contributed by atoms with Gasteiger partial charge in [-0.3, -0.25) is 4.79 Å². The van der Waals surface area contributed by atoms with Gasteiger partial charge in [0.1, 0.15) is 0 Å². The van der Waals surface area contributed by atoms with Crippen molar-refractivity contribution in [2.45, 2.75) is 4.34 Å². The Balaban J connectivity index is 2.12. The van der Waals surface area contributed by atoms with Gasteiger partial charge in [0.15, 0.2) is 15.8 Å². The molecule has 2 rings (SSSR count). The van der Waals surface area contributed by atoms with Gasteiger partial charge in [-0.25, -0.2) is 4.98 Å². The Morgan fingerprint density at radius 2 is 2.21 bits per heavy atom. The van der Waals surface area contributed by atoms with E-state index in [2.05, 4.69) is 9.72 Å². The summed E-state index contributed by atoms with van der Waals surface area (Å²) in [5, 5.41) is 20.5. The van der Waals surface area contributed by atoms with Crippen LogP contribution in [0.25, 0.3) is 11.3 Å². The highest BCUT2D eigenvalue weighted by atomic mass is 32.2. The van der Waals surface area contributed by atoms with Crippen molar-refractivity contribution in [1.29, 1.82) is 0 Å². The standard InChI is InChI=1S/C12H11NO4S2/c1-17-11(16)6-19-12-13-8(5-18-12)7-2-3-9(14)10(15)4-7/h2-5,14-15H,6H2,1H3. The number of phenolic OH excluding ortho intramolecular Hbond substituents is 2. The minimum Gasteiger partial charge on any atom is -0.504 e. The van der Waals surface area contributed by atoms with Gasteiger partial charge in [-0.05, 0) is 18.2 Å². The van der Waals surface area contributed by atoms with Gasteiger partial charge in [0.05, 0.1) is 18.6 Å². The molecule has 1 heterocycles. The quantitative estimate of drug-likeness (QED) is 0.513. The van der Waals surface area contributed by atoms with E-state index < -0.39 is 0 Å². The first-order valence-electron chi connectivity index (χ1n) is 5.27. The molecule has 1 aromatic heterocycles. The van der Waals surface area contributed by atoms with Crippen LogP contribution in [0.5, 0.6) is 11.5 Å². The van der Waals surface area contributed by atoms with Crippen LogP contribution >= 0.6 is 23.1 Å². The summed E-state index contributed by atoms with van der Waals surface area (Å²) in [6.45, 7) is 0. The minimum atomic E-state index is -0.302. The highest BCUT2D eigenvalue weighted by Gasteiger charge is 2.09. The molecule has 0 aliphatic rings. The summed E-state index contributed by atoms with van der Waals surface area (Å²) in [5.41, 5.74) is 1.39. The van der Waals surface area contributed by atoms with E-state index in [1.165, 1.54) is 42.3 Å². The summed E-state index contributed by atoms with van der Waals surface area (Å²) in [7, 11) is 1.34. The van der Waals surface area contributed by atoms with Crippen LogP contribution in [0.1, 0.15) is 0 Å². The van der Waals surface area contributed by atoms with Crippen molar-refractivity contribution in [3.63, 3.8) is 0 Å². The fraction of sp³-hybridized carbons (Fsp3) is 0.167. The van der Waals surface area contributed by atoms with Crippen LogP contribution in [0.2, 0.25) is 0 Å². The maximum Gasteiger partial charge on any atom is 0.316 e. The zero-order valence-electron chi connectivity index (χ0n) is 9.99. The molecule has 0 radical (unpaired) electrons. The van der Waals surface area contributed by atoms with Crippen LogP contribution in [0.15, 0.2) is 27.9 Å². The van der Waals surface area contributed by atoms with Crippen LogP contribution in [0.3, 0.4) is 0 Å². The number of benzene rings is 1. The first kappa shape index (κ1) is 13.7. The summed E-state index contributed by atoms with van der Waals surface area (Å²) >= 11 is 2.70. The molecule has 0 saturated heterocycles. The zero-order chi connectivity index (χ0) is 13.8. The Hall–Kier alpha value is -1.73. The number of carbonyl (C=O) groups excluding carboxylic acids is 1. The van der Waals surface area contributed by atoms with Crippen molar-refractivity contribution in [2.75, 3.05) is 12.9 Å². The fourth-order valence-corrected chi connectivity index (χ4v) is 2.99. The molecule has 2 N–H and O–H groups in total. The Bertz CT molecular complexity index is 597. The lowest BCUT2D eigenvalue weighted by molar-refractivity contribution is -0.137. The Morgan fingerprint density at radius 1 is 1.42 bits per heavy atom. The molecule has 100 valence electrons. The largest absolute Gasteiger partial charge is 0.504 e. The molecule has 5 nitrogen and oxygen atoms in total. The van der Waals surface area contributed by atoms with Gasteiger partial charge >= 0.3 is 5.97 Å². The Kier molecular flexibility index (Phi) is 4.28. The first-order valence-corrected chi connectivity index (χ1v) is 7.14. The van der Waals surface area contributed by atoms with Gasteiger partial charge < -0.3 is 14.9 Å². The molecule has 0 fully saturated rings. The second-order valence-corrected chi connectivity index (χ2v) is 5.65. The summed E-state index contributed by atoms with van der Waals surface area (Å²) in [6.07, 6.45) is 0. The van der Waals surface area contributed by atoms with E-state index in [1.54, 1.807) is 6.07 Å². The van der Waals surface area contributed by atoms with Crippen LogP contribution in [-0.2, 0) is 9.53 Å². The molecule has 1 aromatic carbocycles. The molecule has 0 spiro atoms. The molecule has 0 saturated carbocycles. The second kappa shape index (κ2) is 5.94. The average molecular weight is 297 g/mol. The van der Waals surface area contributed by atoms with E-state index in [1.807, 2.05) is 5.38 Å². The van der Waals surface area contributed by atoms with Crippen LogP contribution in [-0.4, -0.2) is 34.0 Å². The lowest BCUT2D eigenvalue weighted by Gasteiger charge is -2.00. The predicted octanol–water partition coefficient (Wildman–Crippen LogP) is 2.49. The van der Waals surface area contributed by atoms with Gasteiger partial charge in [0.25, 0.3) is 0 Å². The third-order valence-electron chi connectivity index (χ3n) is 2.30. The topological polar surface area (TPSA) is 79.7 Å². The number of thioether (sulfide) groups is 1. The molecule has 2 aromatic rings. The summed E-state index contributed by atoms with van der Waals surface area (Å²) in [4.78, 5) is 15.4. The minimum absolute atomic E-state index is 0.167. The summed E-state index contributed by atoms with van der Waals surface area (Å²) < 4.78 is 5.29. The molecule has 0 aliphatic carbocycles. The van der Waals surface area contributed by atoms with Crippen LogP contribution in [0.4, 0.5) is 0 Å². The number of nitrogens with zero attached hydrogens (tertiary/aromatic N) is 1. The number of phenols is 2. The number of hydrogen-bond donors (Lipinski definition) is 2. The Labute approximate surface area is 117 Å². The molecule has 0 bridgehead atoms. The number of aromatic nitrogens is 1. The third kappa shape index (κ3) is 3.39. The van der Waals surface area contributed by atoms with E-state index in [-0.39, 0.29) is 23.2 Å². The highest BCUT2D eigenvalue weighted by Crippen LogP contribution is 2.33. The van der Waals surface area contributed by atoms with Crippen molar-refractivity contribution < 1.29 is 19.7 Å². The van der Waals surface area contributed by atoms with Gasteiger partial charge in [-0.2, -0.15) is 0 Å². The molecule has 0 aliphatic heterocycles. The number of methoxy groups -OCH3 is 1. The van der Waals surface area contributed by atoms with Crippen LogP contribution in [0, 0.1) is 0 Å². The van der Waals surface area contributed by atoms with Gasteiger partial charge in [-0.15, -0.1) is 11.3 Å². The second-order valence-electron chi connectivity index (χ2n) is 3.57. The monoisotopic (exact) mass is 297 g/mol. The van der Waals surface area contributed by atoms with Crippen molar-refractivity contribution in [2.24, 2.45) is 0 Å². The van der Waals surface area contributed by atoms with E-state index in [4.69, 9.17) is 0 Å². The number of thiazole rings is 1. The van der Waals surface area contributed by atoms with Crippen LogP contribution < -0.4 is 0 Å². The van der Waals surface area contributed by atoms with E-state index >= 15 is 0 Å². The SMILES string of the molecule is COC(=O)CSc1nc(-c2ccc(O)c(O)c2)cs1. The number of ether oxygens (including phenoxy) is 1. The lowest BCUT2D eigenvalue weighted by atomic mass is 10.1. The molecular weight excluding hydrogens is 286 g/mol. The summed E-state index contributed by atoms with van der Waals surface area (Å²) in [5.74, 6) is -0.442. The molecule has 7 heteroatoms. The van der Waals surface area contributed by atoms with E-state index in [0.29, 0.717) is 11.3 Å². The number of aromatic hydroxyl groups is 2. The van der Waals surface area contributed by atoms with E-state index in [9.17, 15) is 15.0 Å². The molecule has 0 amide bonds. The first-order chi connectivity index (χ1) is 9.10. The zero-order valence-corrected chi connectivity index (χ0v) is 11.6. The Morgan fingerprint density at radius 3 is 2.89 bits per heavy atom. The average Bonchev–Trinajstić information content (AvgIpc) is 2.88. The van der Waals surface area contributed by atoms with E-state index in [0.717, 1.165) is 4.34 Å². The number of carbonyl (C=O) groups is 1. The molecular formula is C12H11NO4S2. The summed E-state index contributed by atoms with van der Waals surface area (Å²) in [6, 6.07) is 4.52. The highest BCUT2D eigenvalue weighted by molar-refractivity contribution is 8.01. The van der Waals surface area contributed by atoms with Crippen molar-refractivity contribution >= 4 is 29.1 Å². The van der Waals surface area contributed by atoms with Gasteiger partial charge in [0, 0.05) is 10.9 Å². The maximum atomic E-state index is 11.0. The molecule has 19 heavy (non-hydrogen) atoms. The predicted molar refractivity (Wildman–Crippen MR) is 73.6 cm³/mol. The van der Waals surface area contributed by atoms with Crippen molar-refractivity contribution in [3.8, 4) is 22.8 Å². The maximum absolute atomic E-state index is 11.0. The van der Waals surface area contributed by atoms with Gasteiger partial charge in [-0.1, -0.05) is 11.8 Å². The van der Waals surface area contributed by atoms with Crippen molar-refractivity contribution in [1.82, 2.24) is 4.98 Å². The molecule has 0 unspecified atom stereocenters. The van der Waals surface area contributed by atoms with Gasteiger partial charge in [0.2, 0.25) is 0 Å². The number of hydrogen-bond acceptors (Lipinski definition) is 7. The van der Waals surface area contributed by atoms with Crippen molar-refractivity contribution in [3.05, 3.63) is 23.6 Å². The molecule has 0 atom stereocenters. The lowest BCUT2D eigenvalue weighted by Crippen LogP contribution is -2.02. The fourth-order valence-electron chi connectivity index (χ4n) is 1.32. The number of rotatable bonds is 4.